The third-order valence-electron chi connectivity index (χ3n) is 3.53. The van der Waals surface area contributed by atoms with Gasteiger partial charge in [-0.25, -0.2) is 4.98 Å². The Morgan fingerprint density at radius 3 is 2.91 bits per heavy atom. The lowest BCUT2D eigenvalue weighted by Crippen LogP contribution is -2.24. The van der Waals surface area contributed by atoms with Crippen LogP contribution >= 0.6 is 12.4 Å². The molecule has 0 saturated carbocycles. The van der Waals surface area contributed by atoms with Crippen LogP contribution in [0.3, 0.4) is 0 Å². The first-order valence-corrected chi connectivity index (χ1v) is 7.06. The molecule has 122 valence electrons. The van der Waals surface area contributed by atoms with Crippen molar-refractivity contribution in [2.24, 2.45) is 0 Å². The van der Waals surface area contributed by atoms with E-state index in [0.717, 1.165) is 5.56 Å². The summed E-state index contributed by atoms with van der Waals surface area (Å²) in [6.45, 7) is 3.94. The Labute approximate surface area is 139 Å². The molecule has 0 aliphatic rings. The van der Waals surface area contributed by atoms with Crippen molar-refractivity contribution in [1.82, 2.24) is 24.8 Å². The third kappa shape index (κ3) is 3.40. The van der Waals surface area contributed by atoms with E-state index >= 15 is 0 Å². The molecule has 0 fully saturated rings. The van der Waals surface area contributed by atoms with E-state index in [2.05, 4.69) is 20.4 Å². The van der Waals surface area contributed by atoms with Gasteiger partial charge in [-0.3, -0.25) is 9.20 Å². The quantitative estimate of drug-likeness (QED) is 0.780. The van der Waals surface area contributed by atoms with Crippen molar-refractivity contribution < 1.29 is 4.52 Å². The second kappa shape index (κ2) is 6.89. The number of halogens is 1. The summed E-state index contributed by atoms with van der Waals surface area (Å²) in [5.74, 6) is 0.761. The van der Waals surface area contributed by atoms with E-state index in [4.69, 9.17) is 4.52 Å². The minimum atomic E-state index is -0.217. The lowest BCUT2D eigenvalue weighted by molar-refractivity contribution is 0.417. The molecule has 3 aromatic heterocycles. The first-order chi connectivity index (χ1) is 10.6. The molecule has 1 unspecified atom stereocenters. The normalized spacial score (nSPS) is 12.1. The second-order valence-electron chi connectivity index (χ2n) is 5.32. The number of nitrogens with zero attached hydrogens (tertiary/aromatic N) is 4. The van der Waals surface area contributed by atoms with E-state index in [9.17, 15) is 4.79 Å². The molecule has 3 rings (SSSR count). The van der Waals surface area contributed by atoms with Crippen LogP contribution in [0.1, 0.15) is 18.3 Å². The molecule has 0 aliphatic carbocycles. The Bertz CT molecular complexity index is 874. The molecule has 0 aromatic carbocycles. The third-order valence-corrected chi connectivity index (χ3v) is 3.53. The largest absolute Gasteiger partial charge is 0.334 e. The van der Waals surface area contributed by atoms with Gasteiger partial charge in [-0.2, -0.15) is 4.98 Å². The van der Waals surface area contributed by atoms with Gasteiger partial charge in [0.05, 0.1) is 0 Å². The van der Waals surface area contributed by atoms with E-state index < -0.39 is 0 Å². The highest BCUT2D eigenvalue weighted by molar-refractivity contribution is 5.85. The number of fused-ring (bicyclic) bond motifs is 1. The fourth-order valence-electron chi connectivity index (χ4n) is 2.15. The average molecular weight is 336 g/mol. The van der Waals surface area contributed by atoms with Gasteiger partial charge in [0.15, 0.2) is 5.82 Å². The zero-order valence-corrected chi connectivity index (χ0v) is 13.9. The molecular weight excluding hydrogens is 318 g/mol. The maximum absolute atomic E-state index is 12.6. The van der Waals surface area contributed by atoms with Gasteiger partial charge in [-0.15, -0.1) is 12.4 Å². The monoisotopic (exact) mass is 335 g/mol. The van der Waals surface area contributed by atoms with Crippen LogP contribution in [0, 0.1) is 6.92 Å². The number of hydrogen-bond acceptors (Lipinski definition) is 6. The molecule has 0 amide bonds. The first kappa shape index (κ1) is 17.1. The van der Waals surface area contributed by atoms with Gasteiger partial charge in [-0.1, -0.05) is 11.2 Å². The Kier molecular flexibility index (Phi) is 5.12. The fourth-order valence-corrected chi connectivity index (χ4v) is 2.15. The summed E-state index contributed by atoms with van der Waals surface area (Å²) in [4.78, 5) is 21.1. The number of aryl methyl sites for hydroxylation is 1. The number of aromatic nitrogens is 4. The second-order valence-corrected chi connectivity index (χ2v) is 5.32. The Balaban J connectivity index is 0.00000192. The van der Waals surface area contributed by atoms with Crippen LogP contribution in [-0.2, 0) is 6.42 Å². The minimum absolute atomic E-state index is 0. The molecule has 1 N–H and O–H groups in total. The standard InChI is InChI=1S/C15H17N5O2.ClH/c1-9-4-5-13-17-7-11(15(21)20(13)8-9)14-18-12(19-22-14)6-10(2)16-3;/h4-5,7-8,10,16H,6H2,1-3H3;1H. The van der Waals surface area contributed by atoms with Crippen LogP contribution in [0.25, 0.3) is 17.1 Å². The Hall–Kier alpha value is -2.25. The van der Waals surface area contributed by atoms with E-state index in [1.807, 2.05) is 27.0 Å². The van der Waals surface area contributed by atoms with Gasteiger partial charge in [0.25, 0.3) is 11.4 Å². The smallest absolute Gasteiger partial charge is 0.270 e. The van der Waals surface area contributed by atoms with Crippen molar-refractivity contribution in [3.63, 3.8) is 0 Å². The van der Waals surface area contributed by atoms with Crippen molar-refractivity contribution >= 4 is 18.1 Å². The highest BCUT2D eigenvalue weighted by Crippen LogP contribution is 2.13. The Morgan fingerprint density at radius 2 is 2.17 bits per heavy atom. The summed E-state index contributed by atoms with van der Waals surface area (Å²) in [5, 5.41) is 7.02. The molecule has 0 saturated heterocycles. The summed E-state index contributed by atoms with van der Waals surface area (Å²) in [6, 6.07) is 3.93. The lowest BCUT2D eigenvalue weighted by Gasteiger charge is -2.04. The predicted molar refractivity (Wildman–Crippen MR) is 89.0 cm³/mol. The molecule has 0 aliphatic heterocycles. The topological polar surface area (TPSA) is 85.3 Å². The molecule has 7 nitrogen and oxygen atoms in total. The van der Waals surface area contributed by atoms with E-state index in [1.54, 1.807) is 12.3 Å². The van der Waals surface area contributed by atoms with Gasteiger partial charge in [-0.05, 0) is 32.5 Å². The first-order valence-electron chi connectivity index (χ1n) is 7.06. The minimum Gasteiger partial charge on any atom is -0.334 e. The number of likely N-dealkylation sites (N-methyl/N-ethyl adjacent to an activating group) is 1. The number of hydrogen-bond donors (Lipinski definition) is 1. The summed E-state index contributed by atoms with van der Waals surface area (Å²) >= 11 is 0. The van der Waals surface area contributed by atoms with E-state index in [1.165, 1.54) is 10.6 Å². The molecule has 1 atom stereocenters. The molecule has 3 aromatic rings. The molecule has 3 heterocycles. The van der Waals surface area contributed by atoms with Gasteiger partial charge >= 0.3 is 0 Å². The summed E-state index contributed by atoms with van der Waals surface area (Å²) in [6.07, 6.45) is 3.85. The molecule has 0 radical (unpaired) electrons. The zero-order chi connectivity index (χ0) is 15.7. The highest BCUT2D eigenvalue weighted by atomic mass is 35.5. The molecule has 8 heteroatoms. The van der Waals surface area contributed by atoms with Crippen LogP contribution in [0.5, 0.6) is 0 Å². The molecule has 0 bridgehead atoms. The van der Waals surface area contributed by atoms with Crippen molar-refractivity contribution in [3.8, 4) is 11.5 Å². The van der Waals surface area contributed by atoms with Crippen LogP contribution in [0.4, 0.5) is 0 Å². The molecular formula is C15H18ClN5O2. The average Bonchev–Trinajstić information content (AvgIpc) is 2.96. The fraction of sp³-hybridized carbons (Fsp3) is 0.333. The summed E-state index contributed by atoms with van der Waals surface area (Å²) in [7, 11) is 1.87. The van der Waals surface area contributed by atoms with Gasteiger partial charge in [0.1, 0.15) is 11.2 Å². The SMILES string of the molecule is CNC(C)Cc1noc(-c2cnc3ccc(C)cn3c2=O)n1.Cl. The summed E-state index contributed by atoms with van der Waals surface area (Å²) < 4.78 is 6.70. The van der Waals surface area contributed by atoms with Crippen molar-refractivity contribution in [2.45, 2.75) is 26.3 Å². The Morgan fingerprint density at radius 1 is 1.39 bits per heavy atom. The maximum atomic E-state index is 12.6. The van der Waals surface area contributed by atoms with E-state index in [-0.39, 0.29) is 29.9 Å². The van der Waals surface area contributed by atoms with Crippen LogP contribution in [0.2, 0.25) is 0 Å². The zero-order valence-electron chi connectivity index (χ0n) is 13.1. The van der Waals surface area contributed by atoms with E-state index in [0.29, 0.717) is 23.5 Å². The van der Waals surface area contributed by atoms with Gasteiger partial charge < -0.3 is 9.84 Å². The van der Waals surface area contributed by atoms with Crippen molar-refractivity contribution in [3.05, 3.63) is 46.3 Å². The lowest BCUT2D eigenvalue weighted by atomic mass is 10.2. The summed E-state index contributed by atoms with van der Waals surface area (Å²) in [5.41, 5.74) is 1.65. The van der Waals surface area contributed by atoms with Crippen LogP contribution in [0.15, 0.2) is 33.8 Å². The highest BCUT2D eigenvalue weighted by Gasteiger charge is 2.15. The van der Waals surface area contributed by atoms with Crippen molar-refractivity contribution in [2.75, 3.05) is 7.05 Å². The van der Waals surface area contributed by atoms with Gasteiger partial charge in [0.2, 0.25) is 0 Å². The number of rotatable bonds is 4. The van der Waals surface area contributed by atoms with Crippen LogP contribution < -0.4 is 10.9 Å². The number of nitrogens with one attached hydrogen (secondary N) is 1. The maximum Gasteiger partial charge on any atom is 0.270 e. The van der Waals surface area contributed by atoms with Gasteiger partial charge in [0, 0.05) is 24.9 Å². The molecule has 23 heavy (non-hydrogen) atoms. The molecule has 0 spiro atoms. The van der Waals surface area contributed by atoms with Crippen LogP contribution in [-0.4, -0.2) is 32.6 Å². The number of pyridine rings is 1. The predicted octanol–water partition coefficient (Wildman–Crippen LogP) is 1.63. The van der Waals surface area contributed by atoms with Crippen molar-refractivity contribution in [1.29, 1.82) is 0 Å².